The van der Waals surface area contributed by atoms with E-state index >= 15 is 0 Å². The Balaban J connectivity index is 1.42. The fraction of sp³-hybridized carbons (Fsp3) is 0.333. The molecular formula is C24H25Cl2N3O2. The molecule has 1 saturated heterocycles. The Morgan fingerprint density at radius 1 is 1.06 bits per heavy atom. The molecule has 31 heavy (non-hydrogen) atoms. The number of halogens is 2. The molecule has 1 fully saturated rings. The van der Waals surface area contributed by atoms with E-state index in [2.05, 4.69) is 16.9 Å². The van der Waals surface area contributed by atoms with Gasteiger partial charge in [-0.3, -0.25) is 4.79 Å². The van der Waals surface area contributed by atoms with Gasteiger partial charge in [-0.05, 0) is 81.3 Å². The molecule has 1 aliphatic heterocycles. The van der Waals surface area contributed by atoms with Crippen molar-refractivity contribution in [2.45, 2.75) is 32.2 Å². The summed E-state index contributed by atoms with van der Waals surface area (Å²) in [5.41, 5.74) is 1.83. The maximum atomic E-state index is 12.3. The quantitative estimate of drug-likeness (QED) is 0.441. The van der Waals surface area contributed by atoms with Crippen molar-refractivity contribution < 1.29 is 4.74 Å². The molecule has 2 heterocycles. The predicted octanol–water partition coefficient (Wildman–Crippen LogP) is 5.46. The monoisotopic (exact) mass is 457 g/mol. The number of nitrogens with zero attached hydrogens (tertiary/aromatic N) is 3. The molecule has 0 radical (unpaired) electrons. The molecule has 0 spiro atoms. The Labute approximate surface area is 192 Å². The van der Waals surface area contributed by atoms with Gasteiger partial charge in [-0.25, -0.2) is 0 Å². The molecule has 1 aliphatic rings. The van der Waals surface area contributed by atoms with E-state index < -0.39 is 0 Å². The topological polar surface area (TPSA) is 47.4 Å². The largest absolute Gasteiger partial charge is 0.494 e. The van der Waals surface area contributed by atoms with Crippen LogP contribution in [0.2, 0.25) is 10.0 Å². The zero-order chi connectivity index (χ0) is 21.8. The van der Waals surface area contributed by atoms with Crippen molar-refractivity contribution >= 4 is 23.2 Å². The highest BCUT2D eigenvalue weighted by molar-refractivity contribution is 6.34. The van der Waals surface area contributed by atoms with Gasteiger partial charge in [0.2, 0.25) is 0 Å². The van der Waals surface area contributed by atoms with Crippen LogP contribution in [0.1, 0.15) is 26.2 Å². The normalized spacial score (nSPS) is 16.5. The van der Waals surface area contributed by atoms with Crippen LogP contribution in [-0.4, -0.2) is 40.4 Å². The lowest BCUT2D eigenvalue weighted by molar-refractivity contribution is 0.230. The van der Waals surface area contributed by atoms with Gasteiger partial charge in [0.05, 0.1) is 18.0 Å². The van der Waals surface area contributed by atoms with Crippen LogP contribution in [0, 0.1) is 0 Å². The second kappa shape index (κ2) is 9.86. The summed E-state index contributed by atoms with van der Waals surface area (Å²) in [6, 6.07) is 16.6. The van der Waals surface area contributed by atoms with Gasteiger partial charge in [-0.2, -0.15) is 9.78 Å². The highest BCUT2D eigenvalue weighted by atomic mass is 35.5. The molecule has 2 aromatic carbocycles. The van der Waals surface area contributed by atoms with E-state index in [1.165, 1.54) is 30.1 Å². The molecule has 0 N–H and O–H groups in total. The first-order valence-electron chi connectivity index (χ1n) is 10.5. The van der Waals surface area contributed by atoms with Crippen LogP contribution < -0.4 is 10.3 Å². The summed E-state index contributed by atoms with van der Waals surface area (Å²) in [6.07, 6.45) is 3.62. The third-order valence-corrected chi connectivity index (χ3v) is 6.03. The summed E-state index contributed by atoms with van der Waals surface area (Å²) in [5, 5.41) is 5.38. The highest BCUT2D eigenvalue weighted by Gasteiger charge is 2.19. The third kappa shape index (κ3) is 5.48. The van der Waals surface area contributed by atoms with Gasteiger partial charge in [-0.15, -0.1) is 0 Å². The number of hydrogen-bond acceptors (Lipinski definition) is 4. The maximum absolute atomic E-state index is 12.3. The first kappa shape index (κ1) is 21.9. The van der Waals surface area contributed by atoms with Gasteiger partial charge in [0.25, 0.3) is 5.56 Å². The number of rotatable bonds is 7. The first-order chi connectivity index (χ1) is 15.0. The molecule has 162 valence electrons. The average molecular weight is 458 g/mol. The molecule has 3 aromatic rings. The summed E-state index contributed by atoms with van der Waals surface area (Å²) in [5.74, 6) is 0.827. The second-order valence-corrected chi connectivity index (χ2v) is 8.72. The Hall–Kier alpha value is -2.34. The minimum Gasteiger partial charge on any atom is -0.494 e. The van der Waals surface area contributed by atoms with Gasteiger partial charge in [0.1, 0.15) is 5.75 Å². The molecule has 1 aromatic heterocycles. The van der Waals surface area contributed by atoms with Crippen molar-refractivity contribution in [2.75, 3.05) is 19.7 Å². The Kier molecular flexibility index (Phi) is 6.96. The number of likely N-dealkylation sites (tertiary alicyclic amines) is 1. The van der Waals surface area contributed by atoms with Gasteiger partial charge in [0, 0.05) is 34.3 Å². The lowest BCUT2D eigenvalue weighted by Gasteiger charge is -2.20. The SMILES string of the molecule is CC1CCCN1CCCOc1ccc(-c2ccc(=O)n(-c3cc(Cl)cc(Cl)c3)n2)cc1. The van der Waals surface area contributed by atoms with Crippen LogP contribution in [-0.2, 0) is 0 Å². The van der Waals surface area contributed by atoms with Crippen molar-refractivity contribution in [1.82, 2.24) is 14.7 Å². The van der Waals surface area contributed by atoms with Gasteiger partial charge < -0.3 is 9.64 Å². The van der Waals surface area contributed by atoms with Crippen LogP contribution in [0.5, 0.6) is 5.75 Å². The Bertz CT molecular complexity index is 1080. The standard InChI is InChI=1S/C24H25Cl2N3O2/c1-17-4-2-11-28(17)12-3-13-31-22-7-5-18(6-8-22)23-9-10-24(30)29(27-23)21-15-19(25)14-20(26)16-21/h5-10,14-17H,2-4,11-13H2,1H3. The van der Waals surface area contributed by atoms with Gasteiger partial charge >= 0.3 is 0 Å². The van der Waals surface area contributed by atoms with Crippen molar-refractivity contribution in [2.24, 2.45) is 0 Å². The molecular weight excluding hydrogens is 433 g/mol. The second-order valence-electron chi connectivity index (χ2n) is 7.85. The Morgan fingerprint density at radius 3 is 2.48 bits per heavy atom. The van der Waals surface area contributed by atoms with Crippen LogP contribution in [0.4, 0.5) is 0 Å². The van der Waals surface area contributed by atoms with E-state index in [1.54, 1.807) is 24.3 Å². The number of ether oxygens (including phenoxy) is 1. The van der Waals surface area contributed by atoms with Crippen LogP contribution in [0.25, 0.3) is 16.9 Å². The zero-order valence-corrected chi connectivity index (χ0v) is 18.9. The van der Waals surface area contributed by atoms with Crippen LogP contribution >= 0.6 is 23.2 Å². The van der Waals surface area contributed by atoms with Gasteiger partial charge in [0.15, 0.2) is 0 Å². The molecule has 0 amide bonds. The Morgan fingerprint density at radius 2 is 1.81 bits per heavy atom. The van der Waals surface area contributed by atoms with E-state index in [0.717, 1.165) is 24.3 Å². The summed E-state index contributed by atoms with van der Waals surface area (Å²) in [4.78, 5) is 14.9. The van der Waals surface area contributed by atoms with E-state index in [-0.39, 0.29) is 5.56 Å². The molecule has 4 rings (SSSR count). The van der Waals surface area contributed by atoms with E-state index in [0.29, 0.717) is 34.1 Å². The summed E-state index contributed by atoms with van der Waals surface area (Å²) < 4.78 is 7.20. The van der Waals surface area contributed by atoms with Crippen molar-refractivity contribution in [3.05, 3.63) is 75.0 Å². The first-order valence-corrected chi connectivity index (χ1v) is 11.3. The summed E-state index contributed by atoms with van der Waals surface area (Å²) >= 11 is 12.2. The summed E-state index contributed by atoms with van der Waals surface area (Å²) in [6.45, 7) is 5.27. The number of hydrogen-bond donors (Lipinski definition) is 0. The van der Waals surface area contributed by atoms with Gasteiger partial charge in [-0.1, -0.05) is 23.2 Å². The fourth-order valence-corrected chi connectivity index (χ4v) is 4.43. The molecule has 1 unspecified atom stereocenters. The number of benzene rings is 2. The predicted molar refractivity (Wildman–Crippen MR) is 126 cm³/mol. The van der Waals surface area contributed by atoms with E-state index in [4.69, 9.17) is 27.9 Å². The van der Waals surface area contributed by atoms with Crippen molar-refractivity contribution in [3.63, 3.8) is 0 Å². The van der Waals surface area contributed by atoms with Crippen molar-refractivity contribution in [3.8, 4) is 22.7 Å². The molecule has 0 bridgehead atoms. The van der Waals surface area contributed by atoms with E-state index in [9.17, 15) is 4.79 Å². The molecule has 7 heteroatoms. The minimum atomic E-state index is -0.255. The third-order valence-electron chi connectivity index (χ3n) is 5.59. The van der Waals surface area contributed by atoms with Crippen LogP contribution in [0.3, 0.4) is 0 Å². The lowest BCUT2D eigenvalue weighted by atomic mass is 10.1. The minimum absolute atomic E-state index is 0.255. The maximum Gasteiger partial charge on any atom is 0.271 e. The lowest BCUT2D eigenvalue weighted by Crippen LogP contribution is -2.28. The zero-order valence-electron chi connectivity index (χ0n) is 17.4. The fourth-order valence-electron chi connectivity index (χ4n) is 3.92. The van der Waals surface area contributed by atoms with Crippen molar-refractivity contribution in [1.29, 1.82) is 0 Å². The summed E-state index contributed by atoms with van der Waals surface area (Å²) in [7, 11) is 0. The smallest absolute Gasteiger partial charge is 0.271 e. The van der Waals surface area contributed by atoms with E-state index in [1.807, 2.05) is 24.3 Å². The number of aromatic nitrogens is 2. The average Bonchev–Trinajstić information content (AvgIpc) is 3.16. The highest BCUT2D eigenvalue weighted by Crippen LogP contribution is 2.23. The molecule has 0 saturated carbocycles. The molecule has 0 aliphatic carbocycles. The molecule has 5 nitrogen and oxygen atoms in total. The molecule has 1 atom stereocenters. The van der Waals surface area contributed by atoms with Crippen LogP contribution in [0.15, 0.2) is 59.4 Å².